The fourth-order valence-electron chi connectivity index (χ4n) is 9.55. The highest BCUT2D eigenvalue weighted by Crippen LogP contribution is 2.55. The van der Waals surface area contributed by atoms with E-state index in [1.165, 1.54) is 87.7 Å². The lowest BCUT2D eigenvalue weighted by atomic mass is 9.81. The molecule has 0 aliphatic heterocycles. The van der Waals surface area contributed by atoms with Crippen molar-refractivity contribution in [1.29, 1.82) is 0 Å². The minimum atomic E-state index is -1.53. The smallest absolute Gasteiger partial charge is 0.0776 e. The van der Waals surface area contributed by atoms with Crippen LogP contribution in [0.3, 0.4) is 0 Å². The van der Waals surface area contributed by atoms with Crippen LogP contribution in [0.5, 0.6) is 0 Å². The summed E-state index contributed by atoms with van der Waals surface area (Å²) in [6, 6.07) is 64.0. The van der Waals surface area contributed by atoms with Gasteiger partial charge in [-0.05, 0) is 93.4 Å². The quantitative estimate of drug-likeness (QED) is 0.146. The van der Waals surface area contributed by atoms with Crippen molar-refractivity contribution in [2.24, 2.45) is 0 Å². The van der Waals surface area contributed by atoms with Crippen molar-refractivity contribution in [3.63, 3.8) is 0 Å². The molecule has 0 spiro atoms. The fraction of sp³-hybridized carbons (Fsp3) is 0.164. The summed E-state index contributed by atoms with van der Waals surface area (Å²) in [5, 5.41) is 8.29. The molecule has 0 fully saturated rings. The number of fused-ring (bicyclic) bond motifs is 8. The standard InChI is InChI=1S/C55H52N2Si2/c1-55(2)49-33-41(57-51-31-28-42(58(3,4)5)34-47(51)48-35-43(59(6,7)8)29-32-52(48)57)27-30-46(49)54-45-22-16-15-21-44(45)53(36-50(54)55)56(39-19-13-10-14-20-39)40-25-23-38(24-26-40)37-17-11-9-12-18-37/h9-36H,1-8H3. The summed E-state index contributed by atoms with van der Waals surface area (Å²) in [4.78, 5) is 2.45. The van der Waals surface area contributed by atoms with E-state index in [0.717, 1.165) is 11.4 Å². The summed E-state index contributed by atoms with van der Waals surface area (Å²) < 4.78 is 2.53. The first kappa shape index (κ1) is 37.3. The zero-order chi connectivity index (χ0) is 40.8. The van der Waals surface area contributed by atoms with Crippen LogP contribution in [0.1, 0.15) is 25.0 Å². The van der Waals surface area contributed by atoms with Crippen LogP contribution in [0.25, 0.3) is 60.5 Å². The third-order valence-electron chi connectivity index (χ3n) is 12.9. The Labute approximate surface area is 351 Å². The number of para-hydroxylation sites is 1. The van der Waals surface area contributed by atoms with Crippen molar-refractivity contribution < 1.29 is 0 Å². The van der Waals surface area contributed by atoms with Crippen LogP contribution in [-0.4, -0.2) is 20.7 Å². The maximum Gasteiger partial charge on any atom is 0.0776 e. The predicted octanol–water partition coefficient (Wildman–Crippen LogP) is 14.5. The molecule has 8 aromatic carbocycles. The first-order valence-corrected chi connectivity index (χ1v) is 28.1. The van der Waals surface area contributed by atoms with Crippen LogP contribution in [0.15, 0.2) is 170 Å². The second-order valence-electron chi connectivity index (χ2n) is 19.1. The molecule has 2 nitrogen and oxygen atoms in total. The molecule has 9 aromatic rings. The Hall–Kier alpha value is -5.95. The first-order valence-electron chi connectivity index (χ1n) is 21.1. The van der Waals surface area contributed by atoms with Gasteiger partial charge in [0.2, 0.25) is 0 Å². The molecule has 1 aliphatic carbocycles. The summed E-state index contributed by atoms with van der Waals surface area (Å²) in [5.41, 5.74) is 14.9. The number of rotatable bonds is 7. The van der Waals surface area contributed by atoms with E-state index < -0.39 is 16.1 Å². The van der Waals surface area contributed by atoms with Crippen molar-refractivity contribution >= 4 is 76.2 Å². The third kappa shape index (κ3) is 6.11. The Morgan fingerprint density at radius 1 is 0.441 bits per heavy atom. The molecule has 0 amide bonds. The van der Waals surface area contributed by atoms with Crippen LogP contribution < -0.4 is 15.3 Å². The maximum absolute atomic E-state index is 2.53. The summed E-state index contributed by atoms with van der Waals surface area (Å²) in [7, 11) is -3.05. The summed E-state index contributed by atoms with van der Waals surface area (Å²) >= 11 is 0. The van der Waals surface area contributed by atoms with Gasteiger partial charge in [-0.15, -0.1) is 0 Å². The van der Waals surface area contributed by atoms with E-state index in [1.54, 1.807) is 0 Å². The highest BCUT2D eigenvalue weighted by molar-refractivity contribution is 6.89. The zero-order valence-corrected chi connectivity index (χ0v) is 37.6. The Morgan fingerprint density at radius 2 is 0.966 bits per heavy atom. The minimum absolute atomic E-state index is 0.242. The molecular weight excluding hydrogens is 745 g/mol. The number of hydrogen-bond donors (Lipinski definition) is 0. The molecule has 0 N–H and O–H groups in total. The van der Waals surface area contributed by atoms with Crippen LogP contribution >= 0.6 is 0 Å². The average Bonchev–Trinajstić information content (AvgIpc) is 3.68. The normalized spacial score (nSPS) is 13.6. The molecule has 0 saturated heterocycles. The van der Waals surface area contributed by atoms with E-state index in [4.69, 9.17) is 0 Å². The molecule has 1 aliphatic rings. The molecule has 0 unspecified atom stereocenters. The second-order valence-corrected chi connectivity index (χ2v) is 29.3. The average molecular weight is 797 g/mol. The summed E-state index contributed by atoms with van der Waals surface area (Å²) in [6.07, 6.45) is 0. The van der Waals surface area contributed by atoms with Gasteiger partial charge in [-0.3, -0.25) is 0 Å². The summed E-state index contributed by atoms with van der Waals surface area (Å²) in [6.45, 7) is 19.6. The van der Waals surface area contributed by atoms with Crippen LogP contribution in [0.2, 0.25) is 39.3 Å². The van der Waals surface area contributed by atoms with Gasteiger partial charge in [-0.1, -0.05) is 179 Å². The van der Waals surface area contributed by atoms with Crippen molar-refractivity contribution in [1.82, 2.24) is 4.57 Å². The molecule has 1 heterocycles. The van der Waals surface area contributed by atoms with E-state index >= 15 is 0 Å². The topological polar surface area (TPSA) is 8.17 Å². The van der Waals surface area contributed by atoms with Gasteiger partial charge in [-0.25, -0.2) is 0 Å². The Bertz CT molecular complexity index is 3000. The molecule has 0 radical (unpaired) electrons. The van der Waals surface area contributed by atoms with E-state index in [1.807, 2.05) is 0 Å². The van der Waals surface area contributed by atoms with E-state index in [2.05, 4.69) is 232 Å². The Morgan fingerprint density at radius 3 is 1.56 bits per heavy atom. The lowest BCUT2D eigenvalue weighted by Gasteiger charge is -2.30. The van der Waals surface area contributed by atoms with Gasteiger partial charge in [0.15, 0.2) is 0 Å². The van der Waals surface area contributed by atoms with Crippen molar-refractivity contribution in [2.75, 3.05) is 4.90 Å². The second kappa shape index (κ2) is 13.6. The molecule has 290 valence electrons. The number of nitrogens with zero attached hydrogens (tertiary/aromatic N) is 2. The number of anilines is 3. The van der Waals surface area contributed by atoms with Crippen molar-refractivity contribution in [3.05, 3.63) is 181 Å². The van der Waals surface area contributed by atoms with Crippen LogP contribution in [0, 0.1) is 0 Å². The molecule has 0 bridgehead atoms. The molecular formula is C55H52N2Si2. The highest BCUT2D eigenvalue weighted by Gasteiger charge is 2.38. The molecule has 10 rings (SSSR count). The van der Waals surface area contributed by atoms with Gasteiger partial charge in [0, 0.05) is 38.6 Å². The fourth-order valence-corrected chi connectivity index (χ4v) is 11.9. The molecule has 4 heteroatoms. The van der Waals surface area contributed by atoms with Crippen LogP contribution in [0.4, 0.5) is 17.1 Å². The van der Waals surface area contributed by atoms with Gasteiger partial charge >= 0.3 is 0 Å². The lowest BCUT2D eigenvalue weighted by molar-refractivity contribution is 0.660. The predicted molar refractivity (Wildman–Crippen MR) is 262 cm³/mol. The zero-order valence-electron chi connectivity index (χ0n) is 35.6. The SMILES string of the molecule is CC1(C)c2cc(-n3c4ccc([Si](C)(C)C)cc4c4cc([Si](C)(C)C)ccc43)ccc2-c2c1cc(N(c1ccccc1)c1ccc(-c3ccccc3)cc1)c1ccccc21. The number of aromatic nitrogens is 1. The minimum Gasteiger partial charge on any atom is -0.310 e. The number of benzene rings is 8. The largest absolute Gasteiger partial charge is 0.310 e. The van der Waals surface area contributed by atoms with Gasteiger partial charge in [-0.2, -0.15) is 0 Å². The van der Waals surface area contributed by atoms with Gasteiger partial charge in [0.25, 0.3) is 0 Å². The molecule has 0 atom stereocenters. The van der Waals surface area contributed by atoms with E-state index in [0.29, 0.717) is 0 Å². The Balaban J connectivity index is 1.16. The third-order valence-corrected chi connectivity index (χ3v) is 17.0. The number of hydrogen-bond acceptors (Lipinski definition) is 1. The molecule has 59 heavy (non-hydrogen) atoms. The summed E-state index contributed by atoms with van der Waals surface area (Å²) in [5.74, 6) is 0. The van der Waals surface area contributed by atoms with E-state index in [9.17, 15) is 0 Å². The van der Waals surface area contributed by atoms with Gasteiger partial charge < -0.3 is 9.47 Å². The van der Waals surface area contributed by atoms with E-state index in [-0.39, 0.29) is 5.41 Å². The van der Waals surface area contributed by atoms with Gasteiger partial charge in [0.1, 0.15) is 0 Å². The lowest BCUT2D eigenvalue weighted by Crippen LogP contribution is -2.37. The highest BCUT2D eigenvalue weighted by atomic mass is 28.3. The maximum atomic E-state index is 2.53. The van der Waals surface area contributed by atoms with Crippen molar-refractivity contribution in [3.8, 4) is 27.9 Å². The Kier molecular flexibility index (Phi) is 8.58. The van der Waals surface area contributed by atoms with Crippen molar-refractivity contribution in [2.45, 2.75) is 58.5 Å². The van der Waals surface area contributed by atoms with Gasteiger partial charge in [0.05, 0.1) is 32.9 Å². The molecule has 1 aromatic heterocycles. The molecule has 0 saturated carbocycles. The monoisotopic (exact) mass is 796 g/mol. The van der Waals surface area contributed by atoms with Crippen LogP contribution in [-0.2, 0) is 5.41 Å². The first-order chi connectivity index (χ1) is 28.3.